The number of nitrogens with one attached hydrogen (secondary N) is 1. The highest BCUT2D eigenvalue weighted by molar-refractivity contribution is 5.95. The fraction of sp³-hybridized carbons (Fsp3) is 0.0833. The summed E-state index contributed by atoms with van der Waals surface area (Å²) in [4.78, 5) is 4.14. The number of aromatic nitrogens is 3. The van der Waals surface area contributed by atoms with Crippen LogP contribution >= 0.6 is 0 Å². The van der Waals surface area contributed by atoms with E-state index in [9.17, 15) is 0 Å². The standard InChI is InChI=1S/C12H8N4O/c1-7-10-11(9-3-2-4-17-9)8(5-13)6-14-12(10)16-15-7/h2-4,6H,1H3,(H,14,15,16). The lowest BCUT2D eigenvalue weighted by atomic mass is 10.0. The molecular formula is C12H8N4O. The maximum atomic E-state index is 9.14. The highest BCUT2D eigenvalue weighted by Gasteiger charge is 2.16. The second kappa shape index (κ2) is 3.46. The Morgan fingerprint density at radius 2 is 2.35 bits per heavy atom. The average Bonchev–Trinajstić information content (AvgIpc) is 2.98. The number of aryl methyl sites for hydroxylation is 1. The second-order valence-corrected chi connectivity index (χ2v) is 3.68. The summed E-state index contributed by atoms with van der Waals surface area (Å²) in [5, 5.41) is 16.9. The first-order valence-electron chi connectivity index (χ1n) is 5.09. The van der Waals surface area contributed by atoms with Crippen LogP contribution in [0, 0.1) is 18.3 Å². The molecule has 0 atom stereocenters. The highest BCUT2D eigenvalue weighted by Crippen LogP contribution is 2.31. The Morgan fingerprint density at radius 1 is 1.47 bits per heavy atom. The predicted octanol–water partition coefficient (Wildman–Crippen LogP) is 2.40. The van der Waals surface area contributed by atoms with E-state index in [0.717, 1.165) is 16.6 Å². The van der Waals surface area contributed by atoms with Gasteiger partial charge in [-0.1, -0.05) is 0 Å². The zero-order valence-electron chi connectivity index (χ0n) is 9.06. The maximum Gasteiger partial charge on any atom is 0.181 e. The molecule has 0 aromatic carbocycles. The van der Waals surface area contributed by atoms with Crippen molar-refractivity contribution in [1.82, 2.24) is 15.2 Å². The lowest BCUT2D eigenvalue weighted by molar-refractivity contribution is 0.582. The quantitative estimate of drug-likeness (QED) is 0.688. The summed E-state index contributed by atoms with van der Waals surface area (Å²) in [6, 6.07) is 5.74. The number of furan rings is 1. The minimum atomic E-state index is 0.483. The van der Waals surface area contributed by atoms with E-state index in [1.165, 1.54) is 6.20 Å². The van der Waals surface area contributed by atoms with Gasteiger partial charge < -0.3 is 4.42 Å². The number of H-pyrrole nitrogens is 1. The first kappa shape index (κ1) is 9.60. The summed E-state index contributed by atoms with van der Waals surface area (Å²) >= 11 is 0. The number of nitrogens with zero attached hydrogens (tertiary/aromatic N) is 3. The van der Waals surface area contributed by atoms with Crippen LogP contribution in [0.25, 0.3) is 22.4 Å². The van der Waals surface area contributed by atoms with Crippen molar-refractivity contribution in [1.29, 1.82) is 5.26 Å². The monoisotopic (exact) mass is 224 g/mol. The van der Waals surface area contributed by atoms with Crippen molar-refractivity contribution in [2.24, 2.45) is 0 Å². The molecular weight excluding hydrogens is 216 g/mol. The number of hydrogen-bond acceptors (Lipinski definition) is 4. The van der Waals surface area contributed by atoms with Crippen molar-refractivity contribution in [2.75, 3.05) is 0 Å². The first-order chi connectivity index (χ1) is 8.31. The van der Waals surface area contributed by atoms with Gasteiger partial charge in [0.1, 0.15) is 11.8 Å². The van der Waals surface area contributed by atoms with Crippen LogP contribution in [0.1, 0.15) is 11.3 Å². The number of pyridine rings is 1. The topological polar surface area (TPSA) is 78.5 Å². The molecule has 0 aliphatic carbocycles. The van der Waals surface area contributed by atoms with E-state index in [1.807, 2.05) is 13.0 Å². The molecule has 17 heavy (non-hydrogen) atoms. The van der Waals surface area contributed by atoms with Crippen molar-refractivity contribution < 1.29 is 4.42 Å². The van der Waals surface area contributed by atoms with Crippen LogP contribution in [0.15, 0.2) is 29.0 Å². The molecule has 0 saturated carbocycles. The third-order valence-corrected chi connectivity index (χ3v) is 2.65. The van der Waals surface area contributed by atoms with Gasteiger partial charge in [0, 0.05) is 17.5 Å². The molecule has 3 aromatic heterocycles. The molecule has 82 valence electrons. The van der Waals surface area contributed by atoms with Crippen molar-refractivity contribution >= 4 is 11.0 Å². The van der Waals surface area contributed by atoms with Gasteiger partial charge in [-0.25, -0.2) is 4.98 Å². The van der Waals surface area contributed by atoms with E-state index in [0.29, 0.717) is 17.0 Å². The third-order valence-electron chi connectivity index (χ3n) is 2.65. The van der Waals surface area contributed by atoms with E-state index in [2.05, 4.69) is 21.3 Å². The van der Waals surface area contributed by atoms with Gasteiger partial charge in [-0.15, -0.1) is 0 Å². The fourth-order valence-corrected chi connectivity index (χ4v) is 1.90. The summed E-state index contributed by atoms with van der Waals surface area (Å²) in [6.07, 6.45) is 3.10. The third kappa shape index (κ3) is 1.31. The molecule has 3 heterocycles. The molecule has 0 aliphatic rings. The van der Waals surface area contributed by atoms with E-state index in [-0.39, 0.29) is 0 Å². The van der Waals surface area contributed by atoms with Crippen molar-refractivity contribution in [3.8, 4) is 17.4 Å². The molecule has 0 bridgehead atoms. The lowest BCUT2D eigenvalue weighted by Crippen LogP contribution is -1.88. The van der Waals surface area contributed by atoms with Gasteiger partial charge in [0.15, 0.2) is 5.65 Å². The SMILES string of the molecule is Cc1[nH]nc2ncc(C#N)c(-c3ccco3)c12. The minimum Gasteiger partial charge on any atom is -0.464 e. The number of nitriles is 1. The van der Waals surface area contributed by atoms with Crippen LogP contribution in [0.3, 0.4) is 0 Å². The van der Waals surface area contributed by atoms with Crippen molar-refractivity contribution in [2.45, 2.75) is 6.92 Å². The second-order valence-electron chi connectivity index (χ2n) is 3.68. The number of hydrogen-bond donors (Lipinski definition) is 1. The Balaban J connectivity index is 2.48. The van der Waals surface area contributed by atoms with Crippen LogP contribution in [0.4, 0.5) is 0 Å². The average molecular weight is 224 g/mol. The Hall–Kier alpha value is -2.61. The van der Waals surface area contributed by atoms with Crippen LogP contribution in [-0.4, -0.2) is 15.2 Å². The Morgan fingerprint density at radius 3 is 3.06 bits per heavy atom. The zero-order valence-corrected chi connectivity index (χ0v) is 9.06. The fourth-order valence-electron chi connectivity index (χ4n) is 1.90. The molecule has 5 nitrogen and oxygen atoms in total. The molecule has 0 aliphatic heterocycles. The Bertz CT molecular complexity index is 719. The molecule has 3 aromatic rings. The van der Waals surface area contributed by atoms with Crippen LogP contribution in [0.5, 0.6) is 0 Å². The normalized spacial score (nSPS) is 10.6. The van der Waals surface area contributed by atoms with Crippen molar-refractivity contribution in [3.05, 3.63) is 35.9 Å². The summed E-state index contributed by atoms with van der Waals surface area (Å²) in [7, 11) is 0. The van der Waals surface area contributed by atoms with E-state index in [4.69, 9.17) is 9.68 Å². The van der Waals surface area contributed by atoms with Gasteiger partial charge in [0.05, 0.1) is 17.2 Å². The Labute approximate surface area is 96.7 Å². The molecule has 0 radical (unpaired) electrons. The minimum absolute atomic E-state index is 0.483. The summed E-state index contributed by atoms with van der Waals surface area (Å²) < 4.78 is 5.37. The van der Waals surface area contributed by atoms with E-state index in [1.54, 1.807) is 12.3 Å². The zero-order chi connectivity index (χ0) is 11.8. The largest absolute Gasteiger partial charge is 0.464 e. The summed E-state index contributed by atoms with van der Waals surface area (Å²) in [6.45, 7) is 1.89. The smallest absolute Gasteiger partial charge is 0.181 e. The molecule has 1 N–H and O–H groups in total. The van der Waals surface area contributed by atoms with Crippen molar-refractivity contribution in [3.63, 3.8) is 0 Å². The molecule has 0 saturated heterocycles. The number of aromatic amines is 1. The lowest BCUT2D eigenvalue weighted by Gasteiger charge is -2.02. The molecule has 0 amide bonds. The van der Waals surface area contributed by atoms with Gasteiger partial charge in [0.25, 0.3) is 0 Å². The highest BCUT2D eigenvalue weighted by atomic mass is 16.3. The Kier molecular flexibility index (Phi) is 1.95. The van der Waals surface area contributed by atoms with Gasteiger partial charge in [-0.3, -0.25) is 5.10 Å². The van der Waals surface area contributed by atoms with Gasteiger partial charge >= 0.3 is 0 Å². The summed E-state index contributed by atoms with van der Waals surface area (Å²) in [5.74, 6) is 0.651. The predicted molar refractivity (Wildman–Crippen MR) is 61.0 cm³/mol. The van der Waals surface area contributed by atoms with E-state index >= 15 is 0 Å². The van der Waals surface area contributed by atoms with Crippen LogP contribution < -0.4 is 0 Å². The maximum absolute atomic E-state index is 9.14. The summed E-state index contributed by atoms with van der Waals surface area (Å²) in [5.41, 5.74) is 2.69. The number of fused-ring (bicyclic) bond motifs is 1. The van der Waals surface area contributed by atoms with Crippen LogP contribution in [-0.2, 0) is 0 Å². The molecule has 5 heteroatoms. The van der Waals surface area contributed by atoms with Gasteiger partial charge in [-0.2, -0.15) is 10.4 Å². The molecule has 0 spiro atoms. The molecule has 0 unspecified atom stereocenters. The first-order valence-corrected chi connectivity index (χ1v) is 5.09. The van der Waals surface area contributed by atoms with E-state index < -0.39 is 0 Å². The molecule has 3 rings (SSSR count). The van der Waals surface area contributed by atoms with Gasteiger partial charge in [0.2, 0.25) is 0 Å². The molecule has 0 fully saturated rings. The van der Waals surface area contributed by atoms with Crippen LogP contribution in [0.2, 0.25) is 0 Å². The number of rotatable bonds is 1. The van der Waals surface area contributed by atoms with Gasteiger partial charge in [-0.05, 0) is 19.1 Å².